The van der Waals surface area contributed by atoms with Crippen LogP contribution in [0, 0.1) is 0 Å². The number of thioether (sulfide) groups is 1. The molecule has 1 aromatic heterocycles. The molecule has 0 radical (unpaired) electrons. The highest BCUT2D eigenvalue weighted by Crippen LogP contribution is 2.29. The molecular weight excluding hydrogens is 313 g/mol. The zero-order valence-electron chi connectivity index (χ0n) is 10.9. The van der Waals surface area contributed by atoms with Gasteiger partial charge in [-0.3, -0.25) is 0 Å². The molecule has 3 N–H and O–H groups in total. The van der Waals surface area contributed by atoms with Crippen LogP contribution in [0.2, 0.25) is 10.0 Å². The summed E-state index contributed by atoms with van der Waals surface area (Å²) >= 11 is 13.7. The molecule has 106 valence electrons. The maximum absolute atomic E-state index is 5.99. The molecule has 1 aromatic carbocycles. The first-order valence-electron chi connectivity index (χ1n) is 6.06. The summed E-state index contributed by atoms with van der Waals surface area (Å²) in [7, 11) is 1.89. The molecule has 6 heteroatoms. The Balaban J connectivity index is 2.11. The fraction of sp³-hybridized carbons (Fsp3) is 0.214. The first-order chi connectivity index (χ1) is 9.60. The second kappa shape index (κ2) is 7.18. The van der Waals surface area contributed by atoms with Crippen LogP contribution in [0.25, 0.3) is 0 Å². The van der Waals surface area contributed by atoms with Crippen LogP contribution in [0.5, 0.6) is 0 Å². The van der Waals surface area contributed by atoms with Gasteiger partial charge < -0.3 is 11.1 Å². The lowest BCUT2D eigenvalue weighted by Crippen LogP contribution is -2.20. The number of pyridine rings is 1. The van der Waals surface area contributed by atoms with Gasteiger partial charge in [-0.05, 0) is 31.3 Å². The largest absolute Gasteiger partial charge is 0.383 e. The number of aromatic nitrogens is 1. The van der Waals surface area contributed by atoms with Crippen molar-refractivity contribution in [3.63, 3.8) is 0 Å². The Morgan fingerprint density at radius 1 is 1.30 bits per heavy atom. The predicted octanol–water partition coefficient (Wildman–Crippen LogP) is 4.02. The van der Waals surface area contributed by atoms with Crippen molar-refractivity contribution >= 4 is 40.8 Å². The molecule has 2 rings (SSSR count). The highest BCUT2D eigenvalue weighted by molar-refractivity contribution is 7.99. The van der Waals surface area contributed by atoms with E-state index in [0.717, 1.165) is 21.2 Å². The highest BCUT2D eigenvalue weighted by atomic mass is 35.5. The van der Waals surface area contributed by atoms with Gasteiger partial charge in [-0.25, -0.2) is 4.98 Å². The maximum Gasteiger partial charge on any atom is 0.128 e. The van der Waals surface area contributed by atoms with Crippen LogP contribution in [0.4, 0.5) is 5.82 Å². The molecule has 2 aromatic rings. The van der Waals surface area contributed by atoms with E-state index in [1.807, 2.05) is 37.4 Å². The fourth-order valence-corrected chi connectivity index (χ4v) is 3.32. The fourth-order valence-electron chi connectivity index (χ4n) is 1.81. The summed E-state index contributed by atoms with van der Waals surface area (Å²) in [5, 5.41) is 4.56. The molecule has 0 aliphatic heterocycles. The molecule has 0 bridgehead atoms. The summed E-state index contributed by atoms with van der Waals surface area (Å²) < 4.78 is 0. The summed E-state index contributed by atoms with van der Waals surface area (Å²) in [5.41, 5.74) is 6.83. The SMILES string of the molecule is CNC(CSc1cccc(Cl)c1)c1cc(Cl)cnc1N. The second-order valence-electron chi connectivity index (χ2n) is 4.24. The van der Waals surface area contributed by atoms with Gasteiger partial charge in [0.05, 0.1) is 5.02 Å². The summed E-state index contributed by atoms with van der Waals surface area (Å²) in [5.74, 6) is 1.31. The lowest BCUT2D eigenvalue weighted by atomic mass is 10.1. The van der Waals surface area contributed by atoms with Crippen molar-refractivity contribution in [1.29, 1.82) is 0 Å². The van der Waals surface area contributed by atoms with Crippen LogP contribution in [0.1, 0.15) is 11.6 Å². The quantitative estimate of drug-likeness (QED) is 0.814. The normalized spacial score (nSPS) is 12.3. The van der Waals surface area contributed by atoms with Gasteiger partial charge in [-0.15, -0.1) is 11.8 Å². The maximum atomic E-state index is 5.99. The first-order valence-corrected chi connectivity index (χ1v) is 7.81. The van der Waals surface area contributed by atoms with Gasteiger partial charge in [-0.1, -0.05) is 29.3 Å². The third kappa shape index (κ3) is 4.03. The molecule has 1 heterocycles. The molecule has 0 fully saturated rings. The number of nitrogen functional groups attached to an aromatic ring is 1. The molecule has 1 atom stereocenters. The number of nitrogens with two attached hydrogens (primary N) is 1. The van der Waals surface area contributed by atoms with E-state index in [1.165, 1.54) is 0 Å². The van der Waals surface area contributed by atoms with Crippen molar-refractivity contribution in [2.75, 3.05) is 18.5 Å². The number of benzene rings is 1. The van der Waals surface area contributed by atoms with Crippen molar-refractivity contribution in [2.24, 2.45) is 0 Å². The molecule has 0 aliphatic rings. The third-order valence-corrected chi connectivity index (χ3v) is 4.38. The number of nitrogens with zero attached hydrogens (tertiary/aromatic N) is 1. The molecule has 0 saturated heterocycles. The molecule has 0 amide bonds. The van der Waals surface area contributed by atoms with Gasteiger partial charge in [0.15, 0.2) is 0 Å². The van der Waals surface area contributed by atoms with Gasteiger partial charge >= 0.3 is 0 Å². The van der Waals surface area contributed by atoms with E-state index < -0.39 is 0 Å². The van der Waals surface area contributed by atoms with E-state index in [0.29, 0.717) is 10.8 Å². The number of hydrogen-bond donors (Lipinski definition) is 2. The summed E-state index contributed by atoms with van der Waals surface area (Å²) in [6, 6.07) is 9.70. The molecule has 0 aliphatic carbocycles. The van der Waals surface area contributed by atoms with Crippen LogP contribution in [0.3, 0.4) is 0 Å². The van der Waals surface area contributed by atoms with Crippen molar-refractivity contribution < 1.29 is 0 Å². The number of anilines is 1. The average Bonchev–Trinajstić information content (AvgIpc) is 2.43. The number of halogens is 2. The number of rotatable bonds is 5. The number of nitrogens with one attached hydrogen (secondary N) is 1. The third-order valence-electron chi connectivity index (χ3n) is 2.85. The van der Waals surface area contributed by atoms with Crippen molar-refractivity contribution in [3.8, 4) is 0 Å². The molecular formula is C14H15Cl2N3S. The van der Waals surface area contributed by atoms with Crippen molar-refractivity contribution in [3.05, 3.63) is 52.1 Å². The van der Waals surface area contributed by atoms with E-state index in [1.54, 1.807) is 18.0 Å². The average molecular weight is 328 g/mol. The van der Waals surface area contributed by atoms with Gasteiger partial charge in [0.2, 0.25) is 0 Å². The van der Waals surface area contributed by atoms with Gasteiger partial charge in [0, 0.05) is 33.5 Å². The Kier molecular flexibility index (Phi) is 5.54. The van der Waals surface area contributed by atoms with E-state index in [9.17, 15) is 0 Å². The van der Waals surface area contributed by atoms with Crippen molar-refractivity contribution in [1.82, 2.24) is 10.3 Å². The number of hydrogen-bond acceptors (Lipinski definition) is 4. The van der Waals surface area contributed by atoms with Crippen LogP contribution < -0.4 is 11.1 Å². The van der Waals surface area contributed by atoms with Crippen LogP contribution >= 0.6 is 35.0 Å². The zero-order valence-corrected chi connectivity index (χ0v) is 13.3. The molecule has 0 spiro atoms. The van der Waals surface area contributed by atoms with Crippen LogP contribution in [-0.4, -0.2) is 17.8 Å². The Labute approximate surface area is 132 Å². The highest BCUT2D eigenvalue weighted by Gasteiger charge is 2.14. The van der Waals surface area contributed by atoms with Gasteiger partial charge in [0.25, 0.3) is 0 Å². The zero-order chi connectivity index (χ0) is 14.5. The van der Waals surface area contributed by atoms with Crippen LogP contribution in [0.15, 0.2) is 41.4 Å². The minimum absolute atomic E-state index is 0.0742. The molecule has 0 saturated carbocycles. The lowest BCUT2D eigenvalue weighted by Gasteiger charge is -2.18. The van der Waals surface area contributed by atoms with Gasteiger partial charge in [-0.2, -0.15) is 0 Å². The Bertz CT molecular complexity index is 592. The standard InChI is InChI=1S/C14H15Cl2N3S/c1-18-13(12-6-10(16)7-19-14(12)17)8-20-11-4-2-3-9(15)5-11/h2-7,13,18H,8H2,1H3,(H2,17,19). The second-order valence-corrected chi connectivity index (χ2v) is 6.20. The van der Waals surface area contributed by atoms with E-state index in [4.69, 9.17) is 28.9 Å². The topological polar surface area (TPSA) is 50.9 Å². The lowest BCUT2D eigenvalue weighted by molar-refractivity contribution is 0.661. The summed E-state index contributed by atoms with van der Waals surface area (Å²) in [6.45, 7) is 0. The monoisotopic (exact) mass is 327 g/mol. The van der Waals surface area contributed by atoms with Crippen molar-refractivity contribution in [2.45, 2.75) is 10.9 Å². The summed E-state index contributed by atoms with van der Waals surface area (Å²) in [4.78, 5) is 5.21. The van der Waals surface area contributed by atoms with Gasteiger partial charge in [0.1, 0.15) is 5.82 Å². The summed E-state index contributed by atoms with van der Waals surface area (Å²) in [6.07, 6.45) is 1.55. The Hall–Kier alpha value is -0.940. The Morgan fingerprint density at radius 2 is 2.10 bits per heavy atom. The minimum Gasteiger partial charge on any atom is -0.383 e. The van der Waals surface area contributed by atoms with Crippen LogP contribution in [-0.2, 0) is 0 Å². The molecule has 1 unspecified atom stereocenters. The first kappa shape index (κ1) is 15.4. The Morgan fingerprint density at radius 3 is 2.80 bits per heavy atom. The minimum atomic E-state index is 0.0742. The molecule has 20 heavy (non-hydrogen) atoms. The molecule has 3 nitrogen and oxygen atoms in total. The predicted molar refractivity (Wildman–Crippen MR) is 87.6 cm³/mol. The smallest absolute Gasteiger partial charge is 0.128 e. The van der Waals surface area contributed by atoms with E-state index in [2.05, 4.69) is 10.3 Å². The van der Waals surface area contributed by atoms with E-state index in [-0.39, 0.29) is 6.04 Å². The van der Waals surface area contributed by atoms with E-state index >= 15 is 0 Å².